The highest BCUT2D eigenvalue weighted by Gasteiger charge is 2.24. The average molecular weight is 339 g/mol. The molecule has 0 saturated carbocycles. The summed E-state index contributed by atoms with van der Waals surface area (Å²) in [5, 5.41) is 24.8. The van der Waals surface area contributed by atoms with Crippen LogP contribution < -0.4 is 0 Å². The van der Waals surface area contributed by atoms with Crippen LogP contribution in [0.2, 0.25) is 0 Å². The molecule has 5 nitrogen and oxygen atoms in total. The third kappa shape index (κ3) is 2.94. The quantitative estimate of drug-likeness (QED) is 0.663. The molecule has 9 heteroatoms. The molecule has 1 aromatic heterocycles. The Balaban J connectivity index is 2.40. The number of aromatic nitrogens is 2. The maximum Gasteiger partial charge on any atom is 0.314 e. The van der Waals surface area contributed by atoms with Crippen molar-refractivity contribution < 1.29 is 27.8 Å². The molecule has 1 heterocycles. The Morgan fingerprint density at radius 3 is 2.42 bits per heavy atom. The number of rotatable bonds is 3. The van der Waals surface area contributed by atoms with E-state index in [1.807, 2.05) is 0 Å². The minimum absolute atomic E-state index is 0.178. The van der Waals surface area contributed by atoms with E-state index in [9.17, 15) is 23.4 Å². The topological polar surface area (TPSA) is 79.4 Å². The van der Waals surface area contributed by atoms with Gasteiger partial charge in [0.05, 0.1) is 5.56 Å². The predicted molar refractivity (Wildman–Crippen MR) is 59.7 cm³/mol. The summed E-state index contributed by atoms with van der Waals surface area (Å²) >= 11 is 2.52. The average Bonchev–Trinajstić information content (AvgIpc) is 2.76. The van der Waals surface area contributed by atoms with Gasteiger partial charge in [-0.3, -0.25) is 0 Å². The molecule has 0 bridgehead atoms. The highest BCUT2D eigenvalue weighted by molar-refractivity contribution is 9.09. The van der Waals surface area contributed by atoms with Crippen LogP contribution in [-0.2, 0) is 4.70 Å². The number of benzene rings is 1. The maximum atomic E-state index is 13.7. The summed E-state index contributed by atoms with van der Waals surface area (Å²) in [4.78, 5) is 0. The molecule has 0 atom stereocenters. The summed E-state index contributed by atoms with van der Waals surface area (Å²) in [6.45, 7) is 0. The lowest BCUT2D eigenvalue weighted by atomic mass is 10.1. The number of hydrogen-bond donors (Lipinski definition) is 2. The Hall–Kier alpha value is -1.45. The van der Waals surface area contributed by atoms with Gasteiger partial charge in [-0.1, -0.05) is 6.07 Å². The van der Waals surface area contributed by atoms with E-state index in [1.54, 1.807) is 0 Å². The third-order valence-corrected chi connectivity index (χ3v) is 2.65. The molecule has 2 aromatic rings. The van der Waals surface area contributed by atoms with E-state index >= 15 is 0 Å². The minimum Gasteiger partial charge on any atom is -0.415 e. The molecule has 2 rings (SSSR count). The van der Waals surface area contributed by atoms with Crippen LogP contribution in [0.15, 0.2) is 22.6 Å². The van der Waals surface area contributed by atoms with Crippen LogP contribution >= 0.6 is 15.9 Å². The lowest BCUT2D eigenvalue weighted by molar-refractivity contribution is -0.0743. The van der Waals surface area contributed by atoms with Crippen LogP contribution in [0.3, 0.4) is 0 Å². The summed E-state index contributed by atoms with van der Waals surface area (Å²) in [7, 11) is 0. The van der Waals surface area contributed by atoms with Crippen LogP contribution in [0.5, 0.6) is 0 Å². The molecule has 0 fully saturated rings. The van der Waals surface area contributed by atoms with Crippen LogP contribution in [0.1, 0.15) is 17.9 Å². The molecule has 0 saturated heterocycles. The van der Waals surface area contributed by atoms with E-state index in [0.717, 1.165) is 12.1 Å². The van der Waals surface area contributed by atoms with Crippen LogP contribution in [-0.4, -0.2) is 20.4 Å². The molecule has 0 spiro atoms. The van der Waals surface area contributed by atoms with Crippen molar-refractivity contribution in [1.82, 2.24) is 10.2 Å². The van der Waals surface area contributed by atoms with Crippen molar-refractivity contribution in [3.05, 3.63) is 35.5 Å². The van der Waals surface area contributed by atoms with E-state index in [-0.39, 0.29) is 11.1 Å². The zero-order chi connectivity index (χ0) is 14.2. The van der Waals surface area contributed by atoms with E-state index in [2.05, 4.69) is 30.5 Å². The fourth-order valence-corrected chi connectivity index (χ4v) is 1.56. The van der Waals surface area contributed by atoms with Gasteiger partial charge in [-0.05, 0) is 28.1 Å². The smallest absolute Gasteiger partial charge is 0.314 e. The van der Waals surface area contributed by atoms with Crippen molar-refractivity contribution in [3.63, 3.8) is 0 Å². The van der Waals surface area contributed by atoms with Crippen LogP contribution in [0.25, 0.3) is 11.5 Å². The van der Waals surface area contributed by atoms with Gasteiger partial charge < -0.3 is 14.6 Å². The van der Waals surface area contributed by atoms with Crippen molar-refractivity contribution in [3.8, 4) is 11.5 Å². The van der Waals surface area contributed by atoms with E-state index in [0.29, 0.717) is 0 Å². The van der Waals surface area contributed by atoms with Gasteiger partial charge in [0.2, 0.25) is 4.70 Å². The molecule has 0 amide bonds. The van der Waals surface area contributed by atoms with Crippen molar-refractivity contribution >= 4 is 15.9 Å². The Labute approximate surface area is 112 Å². The highest BCUT2D eigenvalue weighted by atomic mass is 79.9. The normalized spacial score (nSPS) is 12.2. The molecule has 0 aliphatic rings. The molecule has 0 unspecified atom stereocenters. The van der Waals surface area contributed by atoms with E-state index < -0.39 is 28.7 Å². The van der Waals surface area contributed by atoms with Gasteiger partial charge in [0, 0.05) is 5.56 Å². The summed E-state index contributed by atoms with van der Waals surface area (Å²) in [5.74, 6) is -2.26. The van der Waals surface area contributed by atoms with Gasteiger partial charge in [-0.25, -0.2) is 4.39 Å². The zero-order valence-electron chi connectivity index (χ0n) is 9.02. The van der Waals surface area contributed by atoms with Crippen molar-refractivity contribution in [1.29, 1.82) is 0 Å². The van der Waals surface area contributed by atoms with Gasteiger partial charge in [0.1, 0.15) is 5.82 Å². The first-order valence-electron chi connectivity index (χ1n) is 4.84. The Morgan fingerprint density at radius 2 is 1.95 bits per heavy atom. The fourth-order valence-electron chi connectivity index (χ4n) is 1.32. The van der Waals surface area contributed by atoms with Crippen LogP contribution in [0.4, 0.5) is 13.2 Å². The molecular weight excluding hydrogens is 333 g/mol. The second-order valence-electron chi connectivity index (χ2n) is 3.53. The van der Waals surface area contributed by atoms with Crippen molar-refractivity contribution in [2.45, 2.75) is 11.1 Å². The highest BCUT2D eigenvalue weighted by Crippen LogP contribution is 2.30. The molecule has 0 radical (unpaired) electrons. The molecular formula is C10H6BrF3N2O3. The Bertz CT molecular complexity index is 598. The van der Waals surface area contributed by atoms with E-state index in [1.165, 1.54) is 6.07 Å². The fraction of sp³-hybridized carbons (Fsp3) is 0.200. The van der Waals surface area contributed by atoms with Crippen molar-refractivity contribution in [2.75, 3.05) is 0 Å². The molecule has 102 valence electrons. The predicted octanol–water partition coefficient (Wildman–Crippen LogP) is 2.30. The lowest BCUT2D eigenvalue weighted by Gasteiger charge is -2.14. The number of nitrogens with zero attached hydrogens (tertiary/aromatic N) is 2. The third-order valence-electron chi connectivity index (χ3n) is 2.19. The molecule has 2 N–H and O–H groups in total. The summed E-state index contributed by atoms with van der Waals surface area (Å²) in [5.41, 5.74) is -0.401. The second-order valence-corrected chi connectivity index (χ2v) is 4.63. The summed E-state index contributed by atoms with van der Waals surface area (Å²) in [6, 6.07) is 3.08. The largest absolute Gasteiger partial charge is 0.415 e. The molecule has 1 aromatic carbocycles. The number of aliphatic hydroxyl groups is 2. The van der Waals surface area contributed by atoms with Gasteiger partial charge in [-0.2, -0.15) is 8.78 Å². The number of halogens is 4. The summed E-state index contributed by atoms with van der Waals surface area (Å²) < 4.78 is 40.4. The standard InChI is InChI=1S/C10H6BrF3N2O3/c11-10(17,18)4-1-2-5(6(12)3-4)8-15-16-9(19-8)7(13)14/h1-3,7,17-18H. The monoisotopic (exact) mass is 338 g/mol. The first-order chi connectivity index (χ1) is 8.79. The Kier molecular flexibility index (Phi) is 3.61. The van der Waals surface area contributed by atoms with Gasteiger partial charge in [0.15, 0.2) is 0 Å². The second kappa shape index (κ2) is 4.91. The number of hydrogen-bond acceptors (Lipinski definition) is 5. The van der Waals surface area contributed by atoms with E-state index in [4.69, 9.17) is 0 Å². The zero-order valence-corrected chi connectivity index (χ0v) is 10.6. The Morgan fingerprint density at radius 1 is 1.26 bits per heavy atom. The molecule has 0 aliphatic carbocycles. The van der Waals surface area contributed by atoms with Gasteiger partial charge >= 0.3 is 6.43 Å². The lowest BCUT2D eigenvalue weighted by Crippen LogP contribution is -2.15. The van der Waals surface area contributed by atoms with Gasteiger partial charge in [0.25, 0.3) is 11.8 Å². The summed E-state index contributed by atoms with van der Waals surface area (Å²) in [6.07, 6.45) is -2.95. The maximum absolute atomic E-state index is 13.7. The molecule has 0 aliphatic heterocycles. The van der Waals surface area contributed by atoms with Crippen LogP contribution in [0, 0.1) is 5.82 Å². The van der Waals surface area contributed by atoms with Gasteiger partial charge in [-0.15, -0.1) is 10.2 Å². The molecule has 19 heavy (non-hydrogen) atoms. The van der Waals surface area contributed by atoms with Crippen molar-refractivity contribution in [2.24, 2.45) is 0 Å². The minimum atomic E-state index is -2.95. The SMILES string of the molecule is OC(O)(Br)c1ccc(-c2nnc(C(F)F)o2)c(F)c1. The first-order valence-corrected chi connectivity index (χ1v) is 5.64. The number of alkyl halides is 3. The first kappa shape index (κ1) is 14.0.